The Balaban J connectivity index is 2.11. The molecule has 1 aliphatic carbocycles. The summed E-state index contributed by atoms with van der Waals surface area (Å²) in [6, 6.07) is 0.459. The molecule has 5 heteroatoms. The molecule has 2 rings (SSSR count). The van der Waals surface area contributed by atoms with Crippen LogP contribution in [0.4, 0.5) is 13.2 Å². The topological polar surface area (TPSA) is 22.1 Å². The summed E-state index contributed by atoms with van der Waals surface area (Å²) in [4.78, 5) is 3.13. The molecule has 1 heterocycles. The quantitative estimate of drug-likeness (QED) is 0.729. The molecule has 16 heavy (non-hydrogen) atoms. The van der Waals surface area contributed by atoms with Gasteiger partial charge in [-0.15, -0.1) is 0 Å². The Morgan fingerprint density at radius 1 is 1.06 bits per heavy atom. The van der Waals surface area contributed by atoms with Crippen molar-refractivity contribution in [3.8, 4) is 5.88 Å². The number of ether oxygens (including phenoxy) is 1. The van der Waals surface area contributed by atoms with Gasteiger partial charge in [0.25, 0.3) is 11.8 Å². The van der Waals surface area contributed by atoms with Gasteiger partial charge in [-0.25, -0.2) is 8.78 Å². The van der Waals surface area contributed by atoms with Gasteiger partial charge < -0.3 is 4.74 Å². The number of hydrogen-bond donors (Lipinski definition) is 0. The van der Waals surface area contributed by atoms with Crippen LogP contribution in [0.3, 0.4) is 0 Å². The van der Waals surface area contributed by atoms with Gasteiger partial charge in [-0.3, -0.25) is 0 Å². The molecule has 0 unspecified atom stereocenters. The van der Waals surface area contributed by atoms with Crippen molar-refractivity contribution in [2.24, 2.45) is 0 Å². The lowest BCUT2D eigenvalue weighted by molar-refractivity contribution is 0.139. The van der Waals surface area contributed by atoms with Crippen molar-refractivity contribution in [1.29, 1.82) is 0 Å². The highest BCUT2D eigenvalue weighted by atomic mass is 19.2. The summed E-state index contributed by atoms with van der Waals surface area (Å²) in [6.45, 7) is 0. The minimum atomic E-state index is -1.33. The molecule has 2 nitrogen and oxygen atoms in total. The number of rotatable bonds is 2. The summed E-state index contributed by atoms with van der Waals surface area (Å²) in [5, 5.41) is 0. The lowest BCUT2D eigenvalue weighted by Crippen LogP contribution is -2.21. The van der Waals surface area contributed by atoms with E-state index < -0.39 is 23.5 Å². The molecular weight excluding hydrogens is 219 g/mol. The van der Waals surface area contributed by atoms with Gasteiger partial charge in [0.2, 0.25) is 0 Å². The average Bonchev–Trinajstić information content (AvgIpc) is 2.27. The number of pyridine rings is 1. The third-order valence-electron chi connectivity index (χ3n) is 2.69. The second-order valence-corrected chi connectivity index (χ2v) is 3.93. The van der Waals surface area contributed by atoms with E-state index in [1.54, 1.807) is 0 Å². The summed E-state index contributed by atoms with van der Waals surface area (Å²) >= 11 is 0. The summed E-state index contributed by atoms with van der Waals surface area (Å²) in [6.07, 6.45) is 4.63. The molecule has 0 radical (unpaired) electrons. The van der Waals surface area contributed by atoms with E-state index in [9.17, 15) is 13.2 Å². The van der Waals surface area contributed by atoms with Crippen molar-refractivity contribution in [2.75, 3.05) is 0 Å². The first-order valence-corrected chi connectivity index (χ1v) is 5.35. The zero-order valence-corrected chi connectivity index (χ0v) is 8.68. The summed E-state index contributed by atoms with van der Waals surface area (Å²) in [7, 11) is 0. The predicted molar refractivity (Wildman–Crippen MR) is 51.6 cm³/mol. The Kier molecular flexibility index (Phi) is 3.31. The van der Waals surface area contributed by atoms with E-state index in [1.165, 1.54) is 0 Å². The largest absolute Gasteiger partial charge is 0.472 e. The van der Waals surface area contributed by atoms with Gasteiger partial charge in [-0.2, -0.15) is 9.37 Å². The Hall–Kier alpha value is -1.26. The highest BCUT2D eigenvalue weighted by Gasteiger charge is 2.19. The van der Waals surface area contributed by atoms with Crippen LogP contribution in [0.15, 0.2) is 6.07 Å². The molecule has 1 fully saturated rings. The normalized spacial score (nSPS) is 17.4. The fourth-order valence-electron chi connectivity index (χ4n) is 1.85. The van der Waals surface area contributed by atoms with Crippen LogP contribution in [-0.2, 0) is 0 Å². The predicted octanol–water partition coefficient (Wildman–Crippen LogP) is 3.21. The van der Waals surface area contributed by atoms with Gasteiger partial charge in [-0.1, -0.05) is 6.42 Å². The molecule has 0 aliphatic heterocycles. The lowest BCUT2D eigenvalue weighted by Gasteiger charge is -2.22. The number of aromatic nitrogens is 1. The maximum absolute atomic E-state index is 13.2. The van der Waals surface area contributed by atoms with Gasteiger partial charge >= 0.3 is 0 Å². The zero-order valence-electron chi connectivity index (χ0n) is 8.68. The van der Waals surface area contributed by atoms with Gasteiger partial charge in [0, 0.05) is 6.07 Å². The van der Waals surface area contributed by atoms with Crippen molar-refractivity contribution in [2.45, 2.75) is 38.2 Å². The first-order valence-electron chi connectivity index (χ1n) is 5.35. The van der Waals surface area contributed by atoms with E-state index >= 15 is 0 Å². The fraction of sp³-hybridized carbons (Fsp3) is 0.545. The van der Waals surface area contributed by atoms with Crippen LogP contribution in [0.5, 0.6) is 5.88 Å². The van der Waals surface area contributed by atoms with Crippen molar-refractivity contribution >= 4 is 0 Å². The molecule has 88 valence electrons. The minimum absolute atomic E-state index is 0.138. The second kappa shape index (κ2) is 4.72. The molecule has 1 aliphatic rings. The SMILES string of the molecule is Fc1cc(F)c(OC2CCCCC2)nc1F. The number of hydrogen-bond acceptors (Lipinski definition) is 2. The molecule has 0 atom stereocenters. The highest BCUT2D eigenvalue weighted by molar-refractivity contribution is 5.15. The molecular formula is C11H12F3NO. The molecule has 0 saturated heterocycles. The van der Waals surface area contributed by atoms with Crippen LogP contribution in [0, 0.1) is 17.6 Å². The van der Waals surface area contributed by atoms with Gasteiger partial charge in [0.15, 0.2) is 11.6 Å². The Morgan fingerprint density at radius 3 is 2.44 bits per heavy atom. The average molecular weight is 231 g/mol. The van der Waals surface area contributed by atoms with E-state index in [2.05, 4.69) is 4.98 Å². The fourth-order valence-corrected chi connectivity index (χ4v) is 1.85. The smallest absolute Gasteiger partial charge is 0.253 e. The maximum Gasteiger partial charge on any atom is 0.253 e. The van der Waals surface area contributed by atoms with Crippen molar-refractivity contribution in [1.82, 2.24) is 4.98 Å². The Labute approximate surface area is 91.4 Å². The van der Waals surface area contributed by atoms with Crippen LogP contribution < -0.4 is 4.74 Å². The molecule has 1 aromatic heterocycles. The van der Waals surface area contributed by atoms with E-state index in [1.807, 2.05) is 0 Å². The molecule has 1 saturated carbocycles. The van der Waals surface area contributed by atoms with Crippen molar-refractivity contribution in [3.05, 3.63) is 23.6 Å². The Bertz CT molecular complexity index is 378. The van der Waals surface area contributed by atoms with Crippen LogP contribution in [0.2, 0.25) is 0 Å². The van der Waals surface area contributed by atoms with Crippen LogP contribution >= 0.6 is 0 Å². The molecule has 1 aromatic rings. The second-order valence-electron chi connectivity index (χ2n) is 3.93. The number of nitrogens with zero attached hydrogens (tertiary/aromatic N) is 1. The molecule has 0 spiro atoms. The summed E-state index contributed by atoms with van der Waals surface area (Å²) in [5.74, 6) is -4.02. The maximum atomic E-state index is 13.2. The van der Waals surface area contributed by atoms with Crippen LogP contribution in [-0.4, -0.2) is 11.1 Å². The third kappa shape index (κ3) is 2.46. The lowest BCUT2D eigenvalue weighted by atomic mass is 9.98. The zero-order chi connectivity index (χ0) is 11.5. The highest BCUT2D eigenvalue weighted by Crippen LogP contribution is 2.24. The van der Waals surface area contributed by atoms with E-state index in [4.69, 9.17) is 4.74 Å². The first kappa shape index (κ1) is 11.2. The number of halogens is 3. The summed E-state index contributed by atoms with van der Waals surface area (Å²) < 4.78 is 43.8. The van der Waals surface area contributed by atoms with Crippen LogP contribution in [0.1, 0.15) is 32.1 Å². The minimum Gasteiger partial charge on any atom is -0.472 e. The van der Waals surface area contributed by atoms with Gasteiger partial charge in [-0.05, 0) is 25.7 Å². The third-order valence-corrected chi connectivity index (χ3v) is 2.69. The van der Waals surface area contributed by atoms with Crippen molar-refractivity contribution in [3.63, 3.8) is 0 Å². The van der Waals surface area contributed by atoms with Crippen LogP contribution in [0.25, 0.3) is 0 Å². The molecule has 0 bridgehead atoms. The summed E-state index contributed by atoms with van der Waals surface area (Å²) in [5.41, 5.74) is 0. The molecule has 0 N–H and O–H groups in total. The van der Waals surface area contributed by atoms with Gasteiger partial charge in [0.1, 0.15) is 6.10 Å². The van der Waals surface area contributed by atoms with E-state index in [-0.39, 0.29) is 6.10 Å². The standard InChI is InChI=1S/C11H12F3NO/c12-8-6-9(13)11(15-10(8)14)16-7-4-2-1-3-5-7/h6-7H,1-5H2. The first-order chi connectivity index (χ1) is 7.66. The monoisotopic (exact) mass is 231 g/mol. The Morgan fingerprint density at radius 2 is 1.75 bits per heavy atom. The van der Waals surface area contributed by atoms with Gasteiger partial charge in [0.05, 0.1) is 0 Å². The van der Waals surface area contributed by atoms with Crippen molar-refractivity contribution < 1.29 is 17.9 Å². The van der Waals surface area contributed by atoms with E-state index in [0.29, 0.717) is 6.07 Å². The van der Waals surface area contributed by atoms with E-state index in [0.717, 1.165) is 32.1 Å². The molecule has 0 aromatic carbocycles. The molecule has 0 amide bonds.